The Morgan fingerprint density at radius 1 is 1.50 bits per heavy atom. The van der Waals surface area contributed by atoms with Crippen molar-refractivity contribution in [3.63, 3.8) is 0 Å². The topological polar surface area (TPSA) is 12.0 Å². The maximum atomic E-state index is 12.4. The van der Waals surface area contributed by atoms with Gasteiger partial charge in [-0.05, 0) is 40.3 Å². The van der Waals surface area contributed by atoms with Gasteiger partial charge in [0.25, 0.3) is 0 Å². The number of halogens is 4. The highest BCUT2D eigenvalue weighted by Gasteiger charge is 2.33. The van der Waals surface area contributed by atoms with Gasteiger partial charge in [0, 0.05) is 9.35 Å². The molecular weight excluding hydrogens is 303 g/mol. The predicted molar refractivity (Wildman–Crippen MR) is 63.7 cm³/mol. The van der Waals surface area contributed by atoms with Gasteiger partial charge in [0.05, 0.1) is 12.5 Å². The standard InChI is InChI=1S/C10H13BrF3NS/c1-2-4-15-8(6-10(12,13)14)9-7(11)3-5-16-9/h3,5,8,15H,2,4,6H2,1H3. The fourth-order valence-electron chi connectivity index (χ4n) is 1.36. The molecular formula is C10H13BrF3NS. The van der Waals surface area contributed by atoms with Crippen molar-refractivity contribution < 1.29 is 13.2 Å². The van der Waals surface area contributed by atoms with Crippen molar-refractivity contribution in [1.82, 2.24) is 5.32 Å². The molecule has 0 saturated heterocycles. The van der Waals surface area contributed by atoms with Crippen LogP contribution in [-0.4, -0.2) is 12.7 Å². The molecule has 0 aliphatic carbocycles. The normalized spacial score (nSPS) is 14.1. The lowest BCUT2D eigenvalue weighted by molar-refractivity contribution is -0.140. The maximum absolute atomic E-state index is 12.4. The first-order chi connectivity index (χ1) is 7.44. The summed E-state index contributed by atoms with van der Waals surface area (Å²) in [6.07, 6.45) is -4.15. The van der Waals surface area contributed by atoms with Crippen LogP contribution in [0, 0.1) is 0 Å². The van der Waals surface area contributed by atoms with E-state index in [1.165, 1.54) is 11.3 Å². The van der Waals surface area contributed by atoms with E-state index in [1.807, 2.05) is 6.92 Å². The van der Waals surface area contributed by atoms with Crippen molar-refractivity contribution in [3.8, 4) is 0 Å². The van der Waals surface area contributed by atoms with Crippen LogP contribution in [0.15, 0.2) is 15.9 Å². The molecule has 0 amide bonds. The lowest BCUT2D eigenvalue weighted by atomic mass is 10.1. The summed E-state index contributed by atoms with van der Waals surface area (Å²) < 4.78 is 38.0. The van der Waals surface area contributed by atoms with E-state index in [0.29, 0.717) is 11.4 Å². The molecule has 0 saturated carbocycles. The number of nitrogens with one attached hydrogen (secondary N) is 1. The Labute approximate surface area is 105 Å². The Morgan fingerprint density at radius 3 is 2.62 bits per heavy atom. The average Bonchev–Trinajstić information content (AvgIpc) is 2.57. The number of alkyl halides is 3. The summed E-state index contributed by atoms with van der Waals surface area (Å²) in [5, 5.41) is 4.72. The summed E-state index contributed by atoms with van der Waals surface area (Å²) in [4.78, 5) is 0.714. The molecule has 1 nitrogen and oxygen atoms in total. The first-order valence-electron chi connectivity index (χ1n) is 4.97. The average molecular weight is 316 g/mol. The van der Waals surface area contributed by atoms with Crippen LogP contribution < -0.4 is 5.32 Å². The highest BCUT2D eigenvalue weighted by Crippen LogP contribution is 2.35. The predicted octanol–water partition coefficient (Wildman–Crippen LogP) is 4.50. The molecule has 1 atom stereocenters. The van der Waals surface area contributed by atoms with Crippen molar-refractivity contribution in [2.75, 3.05) is 6.54 Å². The smallest absolute Gasteiger partial charge is 0.309 e. The zero-order valence-corrected chi connectivity index (χ0v) is 11.2. The number of hydrogen-bond donors (Lipinski definition) is 1. The van der Waals surface area contributed by atoms with Gasteiger partial charge in [0.15, 0.2) is 0 Å². The number of hydrogen-bond acceptors (Lipinski definition) is 2. The molecule has 1 aromatic rings. The molecule has 16 heavy (non-hydrogen) atoms. The summed E-state index contributed by atoms with van der Waals surface area (Å²) in [6.45, 7) is 2.52. The first-order valence-corrected chi connectivity index (χ1v) is 6.64. The minimum atomic E-state index is -4.14. The van der Waals surface area contributed by atoms with Crippen LogP contribution >= 0.6 is 27.3 Å². The summed E-state index contributed by atoms with van der Waals surface area (Å²) in [7, 11) is 0. The Balaban J connectivity index is 2.75. The van der Waals surface area contributed by atoms with E-state index in [2.05, 4.69) is 21.2 Å². The molecule has 0 bridgehead atoms. The van der Waals surface area contributed by atoms with Crippen LogP contribution in [0.2, 0.25) is 0 Å². The molecule has 1 N–H and O–H groups in total. The lowest BCUT2D eigenvalue weighted by Crippen LogP contribution is -2.26. The monoisotopic (exact) mass is 315 g/mol. The highest BCUT2D eigenvalue weighted by atomic mass is 79.9. The fourth-order valence-corrected chi connectivity index (χ4v) is 3.09. The number of thiophene rings is 1. The van der Waals surface area contributed by atoms with E-state index in [0.717, 1.165) is 10.9 Å². The SMILES string of the molecule is CCCNC(CC(F)(F)F)c1sccc1Br. The van der Waals surface area contributed by atoms with Crippen molar-refractivity contribution >= 4 is 27.3 Å². The summed E-state index contributed by atoms with van der Waals surface area (Å²) >= 11 is 4.61. The van der Waals surface area contributed by atoms with Gasteiger partial charge in [-0.15, -0.1) is 11.3 Å². The quantitative estimate of drug-likeness (QED) is 0.843. The largest absolute Gasteiger partial charge is 0.390 e. The number of rotatable bonds is 5. The highest BCUT2D eigenvalue weighted by molar-refractivity contribution is 9.10. The van der Waals surface area contributed by atoms with Gasteiger partial charge in [0.1, 0.15) is 0 Å². The third-order valence-corrected chi connectivity index (χ3v) is 4.02. The molecule has 1 aromatic heterocycles. The molecule has 0 spiro atoms. The molecule has 0 aliphatic heterocycles. The van der Waals surface area contributed by atoms with E-state index in [1.54, 1.807) is 11.4 Å². The van der Waals surface area contributed by atoms with Crippen LogP contribution in [0.5, 0.6) is 0 Å². The van der Waals surface area contributed by atoms with Crippen LogP contribution in [-0.2, 0) is 0 Å². The van der Waals surface area contributed by atoms with Gasteiger partial charge >= 0.3 is 6.18 Å². The molecule has 6 heteroatoms. The second-order valence-electron chi connectivity index (χ2n) is 3.46. The van der Waals surface area contributed by atoms with Crippen LogP contribution in [0.25, 0.3) is 0 Å². The van der Waals surface area contributed by atoms with E-state index in [-0.39, 0.29) is 0 Å². The van der Waals surface area contributed by atoms with Crippen molar-refractivity contribution in [1.29, 1.82) is 0 Å². The van der Waals surface area contributed by atoms with E-state index >= 15 is 0 Å². The summed E-state index contributed by atoms with van der Waals surface area (Å²) in [5.41, 5.74) is 0. The maximum Gasteiger partial charge on any atom is 0.390 e. The molecule has 0 radical (unpaired) electrons. The van der Waals surface area contributed by atoms with Crippen LogP contribution in [0.4, 0.5) is 13.2 Å². The summed E-state index contributed by atoms with van der Waals surface area (Å²) in [6, 6.07) is 1.13. The van der Waals surface area contributed by atoms with Gasteiger partial charge in [-0.2, -0.15) is 13.2 Å². The molecule has 0 aliphatic rings. The van der Waals surface area contributed by atoms with Crippen molar-refractivity contribution in [2.45, 2.75) is 32.0 Å². The third kappa shape index (κ3) is 4.43. The van der Waals surface area contributed by atoms with E-state index in [4.69, 9.17) is 0 Å². The Kier molecular flexibility index (Phi) is 5.27. The zero-order valence-electron chi connectivity index (χ0n) is 8.77. The van der Waals surface area contributed by atoms with Crippen LogP contribution in [0.3, 0.4) is 0 Å². The molecule has 1 rings (SSSR count). The first kappa shape index (κ1) is 14.0. The minimum Gasteiger partial charge on any atom is -0.309 e. The van der Waals surface area contributed by atoms with E-state index in [9.17, 15) is 13.2 Å². The molecule has 0 fully saturated rings. The Hall–Kier alpha value is -0.0700. The molecule has 1 unspecified atom stereocenters. The van der Waals surface area contributed by atoms with E-state index < -0.39 is 18.6 Å². The fraction of sp³-hybridized carbons (Fsp3) is 0.600. The lowest BCUT2D eigenvalue weighted by Gasteiger charge is -2.19. The van der Waals surface area contributed by atoms with Gasteiger partial charge < -0.3 is 5.32 Å². The van der Waals surface area contributed by atoms with Gasteiger partial charge in [0.2, 0.25) is 0 Å². The van der Waals surface area contributed by atoms with Gasteiger partial charge in [-0.1, -0.05) is 6.92 Å². The minimum absolute atomic E-state index is 0.588. The Bertz CT molecular complexity index is 324. The second-order valence-corrected chi connectivity index (χ2v) is 5.26. The molecule has 0 aromatic carbocycles. The Morgan fingerprint density at radius 2 is 2.19 bits per heavy atom. The summed E-state index contributed by atoms with van der Waals surface area (Å²) in [5.74, 6) is 0. The second kappa shape index (κ2) is 6.02. The molecule has 1 heterocycles. The molecule has 92 valence electrons. The van der Waals surface area contributed by atoms with Crippen molar-refractivity contribution in [2.24, 2.45) is 0 Å². The van der Waals surface area contributed by atoms with Crippen molar-refractivity contribution in [3.05, 3.63) is 20.8 Å². The third-order valence-electron chi connectivity index (χ3n) is 2.04. The van der Waals surface area contributed by atoms with Gasteiger partial charge in [-0.25, -0.2) is 0 Å². The van der Waals surface area contributed by atoms with Crippen LogP contribution in [0.1, 0.15) is 30.7 Å². The van der Waals surface area contributed by atoms with Gasteiger partial charge in [-0.3, -0.25) is 0 Å². The zero-order chi connectivity index (χ0) is 12.2.